The van der Waals surface area contributed by atoms with E-state index in [1.165, 1.54) is 39.8 Å². The Morgan fingerprint density at radius 2 is 2.15 bits per heavy atom. The molecule has 33 heavy (non-hydrogen) atoms. The van der Waals surface area contributed by atoms with E-state index in [4.69, 9.17) is 0 Å². The summed E-state index contributed by atoms with van der Waals surface area (Å²) in [6, 6.07) is 5.79. The number of sulfonamides is 1. The van der Waals surface area contributed by atoms with E-state index in [0.29, 0.717) is 25.2 Å². The molecule has 2 aromatic heterocycles. The van der Waals surface area contributed by atoms with Crippen molar-refractivity contribution in [2.75, 3.05) is 10.8 Å². The van der Waals surface area contributed by atoms with E-state index in [0.717, 1.165) is 28.9 Å². The minimum atomic E-state index is -3.59. The van der Waals surface area contributed by atoms with Gasteiger partial charge in [-0.25, -0.2) is 17.7 Å². The molecule has 0 aliphatic carbocycles. The summed E-state index contributed by atoms with van der Waals surface area (Å²) >= 11 is 1.38. The van der Waals surface area contributed by atoms with E-state index in [1.807, 2.05) is 30.5 Å². The Hall–Kier alpha value is -2.82. The van der Waals surface area contributed by atoms with Crippen molar-refractivity contribution in [1.82, 2.24) is 19.2 Å². The molecule has 2 atom stereocenters. The molecule has 2 aliphatic heterocycles. The summed E-state index contributed by atoms with van der Waals surface area (Å²) in [5.41, 5.74) is 3.04. The highest BCUT2D eigenvalue weighted by atomic mass is 32.2. The molecule has 5 rings (SSSR count). The molecule has 0 amide bonds. The number of nitrogens with zero attached hydrogens (tertiary/aromatic N) is 5. The minimum Gasteiger partial charge on any atom is -0.507 e. The molecule has 1 N–H and O–H groups in total. The summed E-state index contributed by atoms with van der Waals surface area (Å²) in [4.78, 5) is 10.7. The molecule has 1 fully saturated rings. The Morgan fingerprint density at radius 1 is 1.30 bits per heavy atom. The summed E-state index contributed by atoms with van der Waals surface area (Å²) < 4.78 is 31.6. The van der Waals surface area contributed by atoms with E-state index in [-0.39, 0.29) is 11.8 Å². The van der Waals surface area contributed by atoms with Crippen LogP contribution in [0.15, 0.2) is 53.7 Å². The van der Waals surface area contributed by atoms with Crippen molar-refractivity contribution in [2.45, 2.75) is 44.8 Å². The Balaban J connectivity index is 1.38. The van der Waals surface area contributed by atoms with E-state index < -0.39 is 15.6 Å². The third kappa shape index (κ3) is 3.92. The normalized spacial score (nSPS) is 24.5. The van der Waals surface area contributed by atoms with E-state index in [2.05, 4.69) is 26.2 Å². The number of anilines is 1. The Labute approximate surface area is 197 Å². The first-order valence-electron chi connectivity index (χ1n) is 10.8. The molecule has 0 saturated carbocycles. The van der Waals surface area contributed by atoms with Crippen LogP contribution in [0.3, 0.4) is 0 Å². The van der Waals surface area contributed by atoms with Gasteiger partial charge in [0.2, 0.25) is 0 Å². The van der Waals surface area contributed by atoms with Crippen LogP contribution in [0, 0.1) is 6.92 Å². The zero-order valence-electron chi connectivity index (χ0n) is 18.4. The number of benzene rings is 1. The van der Waals surface area contributed by atoms with Crippen LogP contribution < -0.4 is 4.31 Å². The second kappa shape index (κ2) is 8.19. The molecular weight excluding hydrogens is 458 g/mol. The molecule has 10 heteroatoms. The van der Waals surface area contributed by atoms with Gasteiger partial charge in [-0.15, -0.1) is 0 Å². The van der Waals surface area contributed by atoms with Gasteiger partial charge in [0.1, 0.15) is 5.75 Å². The first kappa shape index (κ1) is 22.0. The average molecular weight is 484 g/mol. The van der Waals surface area contributed by atoms with Crippen LogP contribution in [0.2, 0.25) is 0 Å². The number of likely N-dealkylation sites (tertiary alicyclic amines) is 1. The van der Waals surface area contributed by atoms with E-state index >= 15 is 0 Å². The lowest BCUT2D eigenvalue weighted by Gasteiger charge is -2.46. The fourth-order valence-corrected chi connectivity index (χ4v) is 7.18. The Morgan fingerprint density at radius 3 is 2.85 bits per heavy atom. The van der Waals surface area contributed by atoms with Crippen LogP contribution >= 0.6 is 11.5 Å². The number of phenolic OH excluding ortho intramolecular Hbond substituents is 1. The van der Waals surface area contributed by atoms with Gasteiger partial charge in [-0.05, 0) is 67.6 Å². The van der Waals surface area contributed by atoms with Crippen molar-refractivity contribution < 1.29 is 13.5 Å². The molecule has 0 unspecified atom stereocenters. The molecule has 0 radical (unpaired) electrons. The van der Waals surface area contributed by atoms with Crippen LogP contribution in [0.25, 0.3) is 11.3 Å². The van der Waals surface area contributed by atoms with Crippen LogP contribution in [-0.2, 0) is 16.6 Å². The number of aromatic nitrogens is 3. The molecule has 3 aromatic rings. The summed E-state index contributed by atoms with van der Waals surface area (Å²) in [6.07, 6.45) is 7.67. The summed E-state index contributed by atoms with van der Waals surface area (Å²) in [6.45, 7) is 5.54. The quantitative estimate of drug-likeness (QED) is 0.604. The summed E-state index contributed by atoms with van der Waals surface area (Å²) in [7, 11) is -3.59. The molecule has 2 aliphatic rings. The zero-order valence-corrected chi connectivity index (χ0v) is 20.1. The highest BCUT2D eigenvalue weighted by Crippen LogP contribution is 2.42. The van der Waals surface area contributed by atoms with Crippen molar-refractivity contribution in [2.24, 2.45) is 0 Å². The lowest BCUT2D eigenvalue weighted by atomic mass is 9.83. The summed E-state index contributed by atoms with van der Waals surface area (Å²) in [5, 5.41) is 13.7. The van der Waals surface area contributed by atoms with Gasteiger partial charge in [0.15, 0.2) is 5.82 Å². The van der Waals surface area contributed by atoms with Gasteiger partial charge < -0.3 is 5.11 Å². The smallest absolute Gasteiger partial charge is 0.259 e. The lowest BCUT2D eigenvalue weighted by Crippen LogP contribution is -2.56. The van der Waals surface area contributed by atoms with Gasteiger partial charge in [-0.3, -0.25) is 9.88 Å². The Bertz CT molecular complexity index is 1310. The van der Waals surface area contributed by atoms with Crippen molar-refractivity contribution in [1.29, 1.82) is 0 Å². The predicted octanol–water partition coefficient (Wildman–Crippen LogP) is 3.70. The minimum absolute atomic E-state index is 0.133. The molecule has 0 bridgehead atoms. The van der Waals surface area contributed by atoms with Crippen molar-refractivity contribution in [3.8, 4) is 17.0 Å². The number of aromatic hydroxyl groups is 1. The second-order valence-corrected chi connectivity index (χ2v) is 11.0. The number of hydrogen-bond donors (Lipinski definition) is 1. The highest BCUT2D eigenvalue weighted by Gasteiger charge is 2.49. The van der Waals surface area contributed by atoms with Crippen molar-refractivity contribution in [3.63, 3.8) is 0 Å². The Kier molecular flexibility index (Phi) is 5.46. The fraction of sp³-hybridized carbons (Fsp3) is 0.348. The number of piperidine rings is 1. The topological polar surface area (TPSA) is 99.5 Å². The summed E-state index contributed by atoms with van der Waals surface area (Å²) in [5.74, 6) is 0.573. The van der Waals surface area contributed by atoms with Gasteiger partial charge in [0, 0.05) is 47.9 Å². The third-order valence-corrected chi connectivity index (χ3v) is 8.81. The number of aryl methyl sites for hydroxylation is 1. The van der Waals surface area contributed by atoms with Crippen molar-refractivity contribution >= 4 is 27.4 Å². The third-order valence-electron chi connectivity index (χ3n) is 6.52. The zero-order chi connectivity index (χ0) is 23.2. The van der Waals surface area contributed by atoms with E-state index in [9.17, 15) is 13.5 Å². The van der Waals surface area contributed by atoms with Gasteiger partial charge >= 0.3 is 0 Å². The predicted molar refractivity (Wildman–Crippen MR) is 128 cm³/mol. The van der Waals surface area contributed by atoms with Gasteiger partial charge in [-0.2, -0.15) is 4.37 Å². The maximum absolute atomic E-state index is 12.9. The van der Waals surface area contributed by atoms with Crippen LogP contribution in [0.1, 0.15) is 30.9 Å². The van der Waals surface area contributed by atoms with E-state index in [1.54, 1.807) is 6.07 Å². The maximum atomic E-state index is 12.9. The average Bonchev–Trinajstić information content (AvgIpc) is 3.32. The SMILES string of the molecule is Cc1csnc1-c1cc(CN2CC[C@]3(C=CS(=O)(=O)N3c3cnccn3)C[C@@H]2C)ccc1O. The standard InChI is InChI=1S/C23H25N5O3S2/c1-16-15-32-26-22(16)19-11-18(3-4-20(19)29)14-27-9-5-23(12-17(27)2)6-10-33(30,31)28(23)21-13-24-7-8-25-21/h3-4,6-8,10-11,13,15,17,29H,5,9,12,14H2,1-2H3/t17-,23-/m0/s1. The first-order chi connectivity index (χ1) is 15.8. The second-order valence-electron chi connectivity index (χ2n) is 8.75. The van der Waals surface area contributed by atoms with Gasteiger partial charge in [0.05, 0.1) is 17.4 Å². The molecule has 8 nitrogen and oxygen atoms in total. The monoisotopic (exact) mass is 483 g/mol. The van der Waals surface area contributed by atoms with Crippen LogP contribution in [0.5, 0.6) is 5.75 Å². The number of phenols is 1. The molecule has 172 valence electrons. The molecule has 1 aromatic carbocycles. The largest absolute Gasteiger partial charge is 0.507 e. The fourth-order valence-electron chi connectivity index (χ4n) is 4.87. The molecule has 1 spiro atoms. The first-order valence-corrected chi connectivity index (χ1v) is 13.1. The molecule has 1 saturated heterocycles. The maximum Gasteiger partial charge on any atom is 0.259 e. The van der Waals surface area contributed by atoms with Gasteiger partial charge in [0.25, 0.3) is 10.0 Å². The van der Waals surface area contributed by atoms with Crippen LogP contribution in [-0.4, -0.2) is 50.9 Å². The van der Waals surface area contributed by atoms with Crippen LogP contribution in [0.4, 0.5) is 5.82 Å². The van der Waals surface area contributed by atoms with Gasteiger partial charge in [-0.1, -0.05) is 6.07 Å². The molecular formula is C23H25N5O3S2. The lowest BCUT2D eigenvalue weighted by molar-refractivity contribution is 0.119. The van der Waals surface area contributed by atoms with Crippen molar-refractivity contribution in [3.05, 3.63) is 64.8 Å². The number of rotatable bonds is 4. The molecule has 4 heterocycles. The number of hydrogen-bond acceptors (Lipinski definition) is 8. The highest BCUT2D eigenvalue weighted by molar-refractivity contribution is 7.96.